The summed E-state index contributed by atoms with van der Waals surface area (Å²) in [5, 5.41) is 0. The summed E-state index contributed by atoms with van der Waals surface area (Å²) in [6.07, 6.45) is 5.15. The van der Waals surface area contributed by atoms with E-state index < -0.39 is 24.3 Å². The maximum Gasteiger partial charge on any atom is 0.306 e. The molecule has 0 aliphatic heterocycles. The highest BCUT2D eigenvalue weighted by Gasteiger charge is 2.46. The molecular formula is C31H46O7. The fourth-order valence-corrected chi connectivity index (χ4v) is 4.77. The molecule has 212 valence electrons. The highest BCUT2D eigenvalue weighted by molar-refractivity contribution is 5.79. The average Bonchev–Trinajstić information content (AvgIpc) is 2.91. The van der Waals surface area contributed by atoms with Crippen molar-refractivity contribution >= 4 is 23.7 Å². The Bertz CT molecular complexity index is 866. The number of esters is 3. The van der Waals surface area contributed by atoms with Crippen molar-refractivity contribution in [3.63, 3.8) is 0 Å². The van der Waals surface area contributed by atoms with Crippen molar-refractivity contribution < 1.29 is 33.4 Å². The van der Waals surface area contributed by atoms with Crippen LogP contribution in [0.15, 0.2) is 30.3 Å². The van der Waals surface area contributed by atoms with Gasteiger partial charge in [0.05, 0.1) is 0 Å². The summed E-state index contributed by atoms with van der Waals surface area (Å²) >= 11 is 0. The zero-order valence-corrected chi connectivity index (χ0v) is 23.5. The predicted molar refractivity (Wildman–Crippen MR) is 145 cm³/mol. The number of carbonyl (C=O) groups excluding carboxylic acids is 4. The highest BCUT2D eigenvalue weighted by atomic mass is 16.6. The molecule has 1 aliphatic carbocycles. The van der Waals surface area contributed by atoms with Gasteiger partial charge in [0.15, 0.2) is 6.10 Å². The van der Waals surface area contributed by atoms with Crippen molar-refractivity contribution in [3.8, 4) is 0 Å². The molecule has 0 heterocycles. The zero-order chi connectivity index (χ0) is 27.8. The SMILES string of the molecule is CCCCC(=O)O[C@H]1[C@H](OC(=O)CCCC)CCC(CC(=O)CCc2ccccc2)[C@@H]1OC(=O)CCCC. The molecule has 1 aromatic rings. The molecule has 0 spiro atoms. The maximum absolute atomic E-state index is 13.0. The van der Waals surface area contributed by atoms with Gasteiger partial charge in [-0.1, -0.05) is 70.4 Å². The standard InChI is InChI=1S/C31H46O7/c1-4-7-15-27(33)36-26-21-19-24(22-25(32)20-18-23-13-11-10-12-14-23)30(37-28(34)16-8-5-2)31(26)38-29(35)17-9-6-3/h10-14,24,26,30-31H,4-9,15-22H2,1-3H3/t24?,26-,30+,31+/m1/s1. The van der Waals surface area contributed by atoms with Crippen LogP contribution in [0.1, 0.15) is 110 Å². The summed E-state index contributed by atoms with van der Waals surface area (Å²) in [6, 6.07) is 9.83. The van der Waals surface area contributed by atoms with Gasteiger partial charge in [0, 0.05) is 38.0 Å². The van der Waals surface area contributed by atoms with Crippen molar-refractivity contribution in [1.29, 1.82) is 0 Å². The fourth-order valence-electron chi connectivity index (χ4n) is 4.77. The number of carbonyl (C=O) groups is 4. The van der Waals surface area contributed by atoms with Crippen LogP contribution in [-0.4, -0.2) is 42.0 Å². The lowest BCUT2D eigenvalue weighted by Gasteiger charge is -2.41. The summed E-state index contributed by atoms with van der Waals surface area (Å²) in [5.74, 6) is -1.37. The van der Waals surface area contributed by atoms with E-state index in [2.05, 4.69) is 0 Å². The monoisotopic (exact) mass is 530 g/mol. The molecule has 1 saturated carbocycles. The molecule has 0 aromatic heterocycles. The summed E-state index contributed by atoms with van der Waals surface area (Å²) in [4.78, 5) is 50.9. The van der Waals surface area contributed by atoms with Crippen LogP contribution in [0.3, 0.4) is 0 Å². The first kappa shape index (κ1) is 31.5. The lowest BCUT2D eigenvalue weighted by atomic mass is 9.79. The minimum atomic E-state index is -0.920. The minimum Gasteiger partial charge on any atom is -0.458 e. The molecule has 38 heavy (non-hydrogen) atoms. The zero-order valence-electron chi connectivity index (χ0n) is 23.5. The van der Waals surface area contributed by atoms with Crippen LogP contribution < -0.4 is 0 Å². The number of benzene rings is 1. The second-order valence-corrected chi connectivity index (χ2v) is 10.3. The molecule has 1 fully saturated rings. The predicted octanol–water partition coefficient (Wildman–Crippen LogP) is 6.29. The number of Topliss-reactive ketones (excluding diaryl/α,β-unsaturated/α-hetero) is 1. The van der Waals surface area contributed by atoms with Crippen molar-refractivity contribution in [2.24, 2.45) is 5.92 Å². The Morgan fingerprint density at radius 2 is 1.21 bits per heavy atom. The van der Waals surface area contributed by atoms with E-state index in [1.54, 1.807) is 0 Å². The Hall–Kier alpha value is -2.70. The number of rotatable bonds is 17. The highest BCUT2D eigenvalue weighted by Crippen LogP contribution is 2.35. The van der Waals surface area contributed by atoms with Gasteiger partial charge in [-0.2, -0.15) is 0 Å². The van der Waals surface area contributed by atoms with E-state index in [0.29, 0.717) is 44.9 Å². The van der Waals surface area contributed by atoms with Gasteiger partial charge in [-0.25, -0.2) is 0 Å². The molecular weight excluding hydrogens is 484 g/mol. The molecule has 1 unspecified atom stereocenters. The van der Waals surface area contributed by atoms with Gasteiger partial charge < -0.3 is 14.2 Å². The van der Waals surface area contributed by atoms with Gasteiger partial charge in [-0.05, 0) is 44.1 Å². The Kier molecular flexibility index (Phi) is 14.7. The molecule has 7 heteroatoms. The smallest absolute Gasteiger partial charge is 0.306 e. The second kappa shape index (κ2) is 17.7. The third-order valence-corrected chi connectivity index (χ3v) is 7.02. The normalized spacial score (nSPS) is 20.9. The summed E-state index contributed by atoms with van der Waals surface area (Å²) in [5.41, 5.74) is 1.09. The summed E-state index contributed by atoms with van der Waals surface area (Å²) < 4.78 is 17.6. The maximum atomic E-state index is 13.0. The number of hydrogen-bond acceptors (Lipinski definition) is 7. The van der Waals surface area contributed by atoms with E-state index in [1.165, 1.54) is 0 Å². The van der Waals surface area contributed by atoms with E-state index in [1.807, 2.05) is 51.1 Å². The summed E-state index contributed by atoms with van der Waals surface area (Å²) in [6.45, 7) is 5.98. The molecule has 0 N–H and O–H groups in total. The lowest BCUT2D eigenvalue weighted by Crippen LogP contribution is -2.52. The molecule has 7 nitrogen and oxygen atoms in total. The number of ether oxygens (including phenoxy) is 3. The Labute approximate surface area is 228 Å². The first-order chi connectivity index (χ1) is 18.4. The quantitative estimate of drug-likeness (QED) is 0.172. The van der Waals surface area contributed by atoms with Crippen LogP contribution in [0.5, 0.6) is 0 Å². The number of aryl methyl sites for hydroxylation is 1. The Morgan fingerprint density at radius 1 is 0.684 bits per heavy atom. The van der Waals surface area contributed by atoms with E-state index >= 15 is 0 Å². The van der Waals surface area contributed by atoms with Crippen LogP contribution in [0.25, 0.3) is 0 Å². The van der Waals surface area contributed by atoms with E-state index in [9.17, 15) is 19.2 Å². The van der Waals surface area contributed by atoms with Gasteiger partial charge in [0.25, 0.3) is 0 Å². The van der Waals surface area contributed by atoms with Gasteiger partial charge in [-0.3, -0.25) is 19.2 Å². The average molecular weight is 531 g/mol. The lowest BCUT2D eigenvalue weighted by molar-refractivity contribution is -0.199. The molecule has 4 atom stereocenters. The van der Waals surface area contributed by atoms with Crippen LogP contribution in [-0.2, 0) is 39.8 Å². The van der Waals surface area contributed by atoms with Crippen LogP contribution in [0, 0.1) is 5.92 Å². The third kappa shape index (κ3) is 11.4. The Balaban J connectivity index is 2.21. The molecule has 1 aliphatic rings. The molecule has 1 aromatic carbocycles. The first-order valence-corrected chi connectivity index (χ1v) is 14.5. The van der Waals surface area contributed by atoms with Crippen molar-refractivity contribution in [2.75, 3.05) is 0 Å². The van der Waals surface area contributed by atoms with Crippen molar-refractivity contribution in [1.82, 2.24) is 0 Å². The topological polar surface area (TPSA) is 96.0 Å². The fraction of sp³-hybridized carbons (Fsp3) is 0.677. The number of hydrogen-bond donors (Lipinski definition) is 0. The van der Waals surface area contributed by atoms with Crippen molar-refractivity contribution in [2.45, 2.75) is 129 Å². The first-order valence-electron chi connectivity index (χ1n) is 14.5. The van der Waals surface area contributed by atoms with E-state index in [-0.39, 0.29) is 49.3 Å². The van der Waals surface area contributed by atoms with Gasteiger partial charge >= 0.3 is 17.9 Å². The van der Waals surface area contributed by atoms with Crippen LogP contribution in [0.2, 0.25) is 0 Å². The third-order valence-electron chi connectivity index (χ3n) is 7.02. The largest absolute Gasteiger partial charge is 0.458 e. The van der Waals surface area contributed by atoms with E-state index in [0.717, 1.165) is 24.8 Å². The number of ketones is 1. The molecule has 0 saturated heterocycles. The number of unbranched alkanes of at least 4 members (excludes halogenated alkanes) is 3. The second-order valence-electron chi connectivity index (χ2n) is 10.3. The van der Waals surface area contributed by atoms with Gasteiger partial charge in [0.1, 0.15) is 18.0 Å². The molecule has 0 bridgehead atoms. The van der Waals surface area contributed by atoms with Crippen molar-refractivity contribution in [3.05, 3.63) is 35.9 Å². The minimum absolute atomic E-state index is 0.0721. The van der Waals surface area contributed by atoms with Gasteiger partial charge in [-0.15, -0.1) is 0 Å². The van der Waals surface area contributed by atoms with Crippen LogP contribution >= 0.6 is 0 Å². The molecule has 0 amide bonds. The van der Waals surface area contributed by atoms with Crippen LogP contribution in [0.4, 0.5) is 0 Å². The molecule has 2 rings (SSSR count). The molecule has 0 radical (unpaired) electrons. The summed E-state index contributed by atoms with van der Waals surface area (Å²) in [7, 11) is 0. The van der Waals surface area contributed by atoms with E-state index in [4.69, 9.17) is 14.2 Å². The Morgan fingerprint density at radius 3 is 1.76 bits per heavy atom. The van der Waals surface area contributed by atoms with Gasteiger partial charge in [0.2, 0.25) is 0 Å².